The predicted octanol–water partition coefficient (Wildman–Crippen LogP) is 3.95. The van der Waals surface area contributed by atoms with Crippen LogP contribution in [0.4, 0.5) is 0 Å². The Morgan fingerprint density at radius 2 is 2.06 bits per heavy atom. The maximum absolute atomic E-state index is 11.6. The molecule has 88 valence electrons. The van der Waals surface area contributed by atoms with Crippen molar-refractivity contribution in [2.75, 3.05) is 0 Å². The average molecular weight is 402 g/mol. The van der Waals surface area contributed by atoms with E-state index < -0.39 is 5.76 Å². The third-order valence-corrected chi connectivity index (χ3v) is 3.53. The van der Waals surface area contributed by atoms with Crippen molar-refractivity contribution in [2.24, 2.45) is 0 Å². The summed E-state index contributed by atoms with van der Waals surface area (Å²) in [6.07, 6.45) is 0. The molecule has 17 heavy (non-hydrogen) atoms. The molecule has 7 heteroatoms. The van der Waals surface area contributed by atoms with Crippen molar-refractivity contribution in [3.05, 3.63) is 31.7 Å². The van der Waals surface area contributed by atoms with Crippen LogP contribution in [0.5, 0.6) is 0 Å². The van der Waals surface area contributed by atoms with E-state index in [0.29, 0.717) is 5.52 Å². The fourth-order valence-corrected chi connectivity index (χ4v) is 2.30. The zero-order chi connectivity index (χ0) is 12.6. The van der Waals surface area contributed by atoms with E-state index in [1.54, 1.807) is 0 Å². The van der Waals surface area contributed by atoms with Crippen molar-refractivity contribution < 1.29 is 4.42 Å². The zero-order valence-corrected chi connectivity index (χ0v) is 12.5. The van der Waals surface area contributed by atoms with Gasteiger partial charge >= 0.3 is 5.76 Å². The van der Waals surface area contributed by atoms with Gasteiger partial charge in [0.2, 0.25) is 0 Å². The van der Waals surface area contributed by atoms with E-state index in [9.17, 15) is 4.79 Å². The number of halogens is 4. The minimum atomic E-state index is -0.565. The highest BCUT2D eigenvalue weighted by Crippen LogP contribution is 2.35. The van der Waals surface area contributed by atoms with Crippen LogP contribution in [0.2, 0.25) is 15.1 Å². The van der Waals surface area contributed by atoms with E-state index in [1.807, 2.05) is 22.6 Å². The SMILES string of the molecule is O=c1oc2c(Cl)cc(Cl)c(Cl)c2n1CC#CI. The Morgan fingerprint density at radius 1 is 1.35 bits per heavy atom. The Hall–Kier alpha value is -0.350. The molecule has 0 spiro atoms. The van der Waals surface area contributed by atoms with Crippen molar-refractivity contribution in [2.45, 2.75) is 6.54 Å². The molecule has 0 atom stereocenters. The number of nitrogens with zero attached hydrogens (tertiary/aromatic N) is 1. The molecule has 0 fully saturated rings. The third kappa shape index (κ3) is 2.29. The molecule has 0 unspecified atom stereocenters. The maximum Gasteiger partial charge on any atom is 0.420 e. The summed E-state index contributed by atoms with van der Waals surface area (Å²) in [6, 6.07) is 1.44. The molecule has 1 heterocycles. The van der Waals surface area contributed by atoms with E-state index >= 15 is 0 Å². The minimum absolute atomic E-state index is 0.172. The summed E-state index contributed by atoms with van der Waals surface area (Å²) in [5.74, 6) is 2.18. The first-order valence-electron chi connectivity index (χ1n) is 4.31. The highest BCUT2D eigenvalue weighted by molar-refractivity contribution is 14.1. The lowest BCUT2D eigenvalue weighted by Gasteiger charge is -2.01. The number of hydrogen-bond acceptors (Lipinski definition) is 2. The van der Waals surface area contributed by atoms with Crippen LogP contribution in [-0.2, 0) is 6.54 Å². The van der Waals surface area contributed by atoms with Gasteiger partial charge in [0.1, 0.15) is 5.52 Å². The van der Waals surface area contributed by atoms with E-state index in [1.165, 1.54) is 10.6 Å². The van der Waals surface area contributed by atoms with Gasteiger partial charge in [-0.3, -0.25) is 4.57 Å². The molecular weight excluding hydrogens is 399 g/mol. The van der Waals surface area contributed by atoms with Gasteiger partial charge in [0, 0.05) is 22.6 Å². The Bertz CT molecular complexity index is 708. The molecule has 3 nitrogen and oxygen atoms in total. The lowest BCUT2D eigenvalue weighted by Crippen LogP contribution is -2.13. The largest absolute Gasteiger partial charge is 0.420 e. The highest BCUT2D eigenvalue weighted by atomic mass is 127. The summed E-state index contributed by atoms with van der Waals surface area (Å²) in [7, 11) is 0. The Kier molecular flexibility index (Phi) is 3.93. The van der Waals surface area contributed by atoms with Crippen LogP contribution >= 0.6 is 57.4 Å². The molecule has 0 N–H and O–H groups in total. The van der Waals surface area contributed by atoms with Crippen molar-refractivity contribution in [1.82, 2.24) is 4.57 Å². The van der Waals surface area contributed by atoms with E-state index in [4.69, 9.17) is 39.2 Å². The number of aromatic nitrogens is 1. The fourth-order valence-electron chi connectivity index (χ4n) is 1.39. The molecule has 0 aliphatic carbocycles. The normalized spacial score (nSPS) is 10.4. The quantitative estimate of drug-likeness (QED) is 0.411. The van der Waals surface area contributed by atoms with Gasteiger partial charge in [-0.25, -0.2) is 4.79 Å². The second-order valence-corrected chi connectivity index (χ2v) is 4.79. The summed E-state index contributed by atoms with van der Waals surface area (Å²) in [4.78, 5) is 11.6. The summed E-state index contributed by atoms with van der Waals surface area (Å²) >= 11 is 19.7. The number of benzene rings is 1. The van der Waals surface area contributed by atoms with Gasteiger partial charge in [-0.15, -0.1) is 0 Å². The van der Waals surface area contributed by atoms with Crippen molar-refractivity contribution in [1.29, 1.82) is 0 Å². The monoisotopic (exact) mass is 401 g/mol. The standard InChI is InChI=1S/C10H3Cl3INO2/c11-5-4-6(12)9-8(7(5)13)15(3-1-2-14)10(16)17-9/h4H,3H2. The minimum Gasteiger partial charge on any atom is -0.406 e. The zero-order valence-electron chi connectivity index (χ0n) is 8.06. The third-order valence-electron chi connectivity index (χ3n) is 2.09. The van der Waals surface area contributed by atoms with Gasteiger partial charge in [0.05, 0.1) is 21.6 Å². The molecule has 0 radical (unpaired) electrons. The molecule has 2 rings (SSSR count). The van der Waals surface area contributed by atoms with Crippen LogP contribution in [-0.4, -0.2) is 4.57 Å². The average Bonchev–Trinajstić information content (AvgIpc) is 2.61. The molecule has 1 aromatic carbocycles. The van der Waals surface area contributed by atoms with Gasteiger partial charge in [-0.2, -0.15) is 0 Å². The van der Waals surface area contributed by atoms with Crippen molar-refractivity contribution in [3.63, 3.8) is 0 Å². The van der Waals surface area contributed by atoms with Gasteiger partial charge in [-0.1, -0.05) is 40.7 Å². The molecule has 1 aromatic heterocycles. The van der Waals surface area contributed by atoms with Gasteiger partial charge in [-0.05, 0) is 9.99 Å². The van der Waals surface area contributed by atoms with Crippen LogP contribution in [0.3, 0.4) is 0 Å². The molecule has 0 amide bonds. The number of oxazole rings is 1. The van der Waals surface area contributed by atoms with Crippen LogP contribution < -0.4 is 5.76 Å². The molecular formula is C10H3Cl3INO2. The second-order valence-electron chi connectivity index (χ2n) is 3.06. The molecule has 0 aliphatic rings. The highest BCUT2D eigenvalue weighted by Gasteiger charge is 2.17. The number of fused-ring (bicyclic) bond motifs is 1. The summed E-state index contributed by atoms with van der Waals surface area (Å²) in [5, 5.41) is 0.737. The van der Waals surface area contributed by atoms with Crippen LogP contribution in [0.15, 0.2) is 15.3 Å². The van der Waals surface area contributed by atoms with Crippen LogP contribution in [0.25, 0.3) is 11.1 Å². The lowest BCUT2D eigenvalue weighted by molar-refractivity contribution is 0.521. The Labute approximate surface area is 125 Å². The van der Waals surface area contributed by atoms with Gasteiger partial charge in [0.15, 0.2) is 5.58 Å². The molecule has 2 aromatic rings. The smallest absolute Gasteiger partial charge is 0.406 e. The first-order valence-corrected chi connectivity index (χ1v) is 6.53. The first-order chi connectivity index (χ1) is 8.06. The Morgan fingerprint density at radius 3 is 2.71 bits per heavy atom. The van der Waals surface area contributed by atoms with Crippen LogP contribution in [0, 0.1) is 9.85 Å². The molecule has 0 saturated heterocycles. The lowest BCUT2D eigenvalue weighted by atomic mass is 10.3. The van der Waals surface area contributed by atoms with Crippen molar-refractivity contribution in [3.8, 4) is 9.85 Å². The first kappa shape index (κ1) is 13.1. The van der Waals surface area contributed by atoms with Crippen LogP contribution in [0.1, 0.15) is 0 Å². The number of hydrogen-bond donors (Lipinski definition) is 0. The molecule has 0 bridgehead atoms. The van der Waals surface area contributed by atoms with Gasteiger partial charge in [0.25, 0.3) is 0 Å². The number of rotatable bonds is 1. The summed E-state index contributed by atoms with van der Waals surface area (Å²) < 4.78 is 8.97. The summed E-state index contributed by atoms with van der Waals surface area (Å²) in [6.45, 7) is 0.172. The van der Waals surface area contributed by atoms with E-state index in [0.717, 1.165) is 0 Å². The van der Waals surface area contributed by atoms with E-state index in [2.05, 4.69) is 9.85 Å². The topological polar surface area (TPSA) is 35.1 Å². The van der Waals surface area contributed by atoms with E-state index in [-0.39, 0.29) is 27.2 Å². The molecule has 0 saturated carbocycles. The van der Waals surface area contributed by atoms with Gasteiger partial charge < -0.3 is 4.42 Å². The second kappa shape index (κ2) is 5.11. The Balaban J connectivity index is 2.87. The fraction of sp³-hybridized carbons (Fsp3) is 0.100. The maximum atomic E-state index is 11.6. The van der Waals surface area contributed by atoms with Crippen molar-refractivity contribution >= 4 is 68.5 Å². The molecule has 0 aliphatic heterocycles. The predicted molar refractivity (Wildman–Crippen MR) is 77.3 cm³/mol. The summed E-state index contributed by atoms with van der Waals surface area (Å²) in [5.41, 5.74) is 0.592.